The van der Waals surface area contributed by atoms with E-state index in [1.165, 1.54) is 6.42 Å². The Hall–Kier alpha value is -0.870. The van der Waals surface area contributed by atoms with Crippen molar-refractivity contribution in [1.29, 1.82) is 0 Å². The zero-order chi connectivity index (χ0) is 8.72. The van der Waals surface area contributed by atoms with Gasteiger partial charge in [0.05, 0.1) is 11.7 Å². The van der Waals surface area contributed by atoms with Crippen LogP contribution < -0.4 is 5.84 Å². The van der Waals surface area contributed by atoms with E-state index in [1.807, 2.05) is 5.01 Å². The first kappa shape index (κ1) is 7.76. The Morgan fingerprint density at radius 3 is 3.08 bits per heavy atom. The zero-order valence-electron chi connectivity index (χ0n) is 7.27. The van der Waals surface area contributed by atoms with Gasteiger partial charge in [-0.1, -0.05) is 0 Å². The van der Waals surface area contributed by atoms with Crippen LogP contribution in [-0.4, -0.2) is 42.3 Å². The van der Waals surface area contributed by atoms with Crippen LogP contribution >= 0.6 is 0 Å². The highest BCUT2D eigenvalue weighted by molar-refractivity contribution is 5.27. The number of aliphatic imine (C=N–C) groups is 1. The molecule has 2 rings (SSSR count). The maximum absolute atomic E-state index is 5.86. The summed E-state index contributed by atoms with van der Waals surface area (Å²) in [4.78, 5) is 6.05. The average molecular weight is 166 g/mol. The lowest BCUT2D eigenvalue weighted by Gasteiger charge is -2.31. The topological polar surface area (TPSA) is 44.9 Å². The van der Waals surface area contributed by atoms with Crippen molar-refractivity contribution < 1.29 is 0 Å². The van der Waals surface area contributed by atoms with Crippen LogP contribution in [0.25, 0.3) is 0 Å². The van der Waals surface area contributed by atoms with E-state index >= 15 is 0 Å². The molecule has 1 heterocycles. The van der Waals surface area contributed by atoms with Crippen LogP contribution in [0.2, 0.25) is 0 Å². The van der Waals surface area contributed by atoms with Crippen molar-refractivity contribution in [3.8, 4) is 0 Å². The van der Waals surface area contributed by atoms with Gasteiger partial charge in [-0.2, -0.15) is 0 Å². The number of nitrogens with two attached hydrogens (primary N) is 1. The molecule has 0 aromatic heterocycles. The molecule has 1 unspecified atom stereocenters. The van der Waals surface area contributed by atoms with Crippen molar-refractivity contribution in [2.45, 2.75) is 18.5 Å². The maximum Gasteiger partial charge on any atom is 0.0621 e. The number of hydrogen-bond donors (Lipinski definition) is 1. The van der Waals surface area contributed by atoms with Gasteiger partial charge >= 0.3 is 0 Å². The summed E-state index contributed by atoms with van der Waals surface area (Å²) in [7, 11) is 2.12. The maximum atomic E-state index is 5.86. The summed E-state index contributed by atoms with van der Waals surface area (Å²) in [6, 6.07) is 1.17. The standard InChI is InChI=1S/C8H14N4/c1-10-4-6-5-11(2)7-3-8(7)12(6)9/h4,7-8H,1,3,5,9H2,2H3/b6-4-/t7-,8?/m1/s1. The van der Waals surface area contributed by atoms with Crippen LogP contribution in [0.3, 0.4) is 0 Å². The van der Waals surface area contributed by atoms with Gasteiger partial charge in [0.1, 0.15) is 0 Å². The molecule has 4 nitrogen and oxygen atoms in total. The fourth-order valence-electron chi connectivity index (χ4n) is 1.82. The molecule has 0 spiro atoms. The van der Waals surface area contributed by atoms with Crippen molar-refractivity contribution >= 4 is 6.72 Å². The van der Waals surface area contributed by atoms with Gasteiger partial charge < -0.3 is 5.01 Å². The second-order valence-electron chi connectivity index (χ2n) is 3.50. The quantitative estimate of drug-likeness (QED) is 0.433. The monoisotopic (exact) mass is 166 g/mol. The molecule has 2 aliphatic rings. The molecule has 12 heavy (non-hydrogen) atoms. The summed E-state index contributed by atoms with van der Waals surface area (Å²) in [5, 5.41) is 1.83. The van der Waals surface area contributed by atoms with Crippen LogP contribution in [0.5, 0.6) is 0 Å². The van der Waals surface area contributed by atoms with E-state index in [0.29, 0.717) is 12.1 Å². The van der Waals surface area contributed by atoms with E-state index in [2.05, 4.69) is 23.7 Å². The molecule has 66 valence electrons. The van der Waals surface area contributed by atoms with Crippen molar-refractivity contribution in [3.63, 3.8) is 0 Å². The summed E-state index contributed by atoms with van der Waals surface area (Å²) in [5.41, 5.74) is 1.06. The Labute approximate surface area is 72.3 Å². The molecule has 0 aromatic rings. The molecule has 1 saturated heterocycles. The average Bonchev–Trinajstić information content (AvgIpc) is 2.79. The number of fused-ring (bicyclic) bond motifs is 1. The SMILES string of the molecule is C=N/C=C1/CN(C)[C@@H]2CC2N1N. The molecule has 1 aliphatic carbocycles. The summed E-state index contributed by atoms with van der Waals surface area (Å²) in [6.45, 7) is 4.31. The molecule has 4 heteroatoms. The molecule has 2 atom stereocenters. The third-order valence-corrected chi connectivity index (χ3v) is 2.63. The first-order valence-corrected chi connectivity index (χ1v) is 4.13. The van der Waals surface area contributed by atoms with Crippen molar-refractivity contribution in [2.75, 3.05) is 13.6 Å². The highest BCUT2D eigenvalue weighted by Gasteiger charge is 2.48. The lowest BCUT2D eigenvalue weighted by Crippen LogP contribution is -2.46. The molecule has 2 N–H and O–H groups in total. The number of hydrazine groups is 1. The van der Waals surface area contributed by atoms with Gasteiger partial charge in [-0.15, -0.1) is 0 Å². The van der Waals surface area contributed by atoms with E-state index in [9.17, 15) is 0 Å². The fourth-order valence-corrected chi connectivity index (χ4v) is 1.82. The largest absolute Gasteiger partial charge is 0.308 e. The first-order valence-electron chi connectivity index (χ1n) is 4.13. The minimum atomic E-state index is 0.511. The summed E-state index contributed by atoms with van der Waals surface area (Å²) < 4.78 is 0. The van der Waals surface area contributed by atoms with Crippen molar-refractivity contribution in [1.82, 2.24) is 9.91 Å². The van der Waals surface area contributed by atoms with E-state index in [1.54, 1.807) is 6.20 Å². The summed E-state index contributed by atoms with van der Waals surface area (Å²) in [5.74, 6) is 5.86. The van der Waals surface area contributed by atoms with Gasteiger partial charge in [0, 0.05) is 18.8 Å². The van der Waals surface area contributed by atoms with Gasteiger partial charge in [0.25, 0.3) is 0 Å². The van der Waals surface area contributed by atoms with Gasteiger partial charge in [-0.05, 0) is 20.2 Å². The minimum Gasteiger partial charge on any atom is -0.308 e. The van der Waals surface area contributed by atoms with Gasteiger partial charge in [-0.25, -0.2) is 5.84 Å². The highest BCUT2D eigenvalue weighted by atomic mass is 15.5. The van der Waals surface area contributed by atoms with Crippen LogP contribution in [0, 0.1) is 0 Å². The molecule has 1 aliphatic heterocycles. The van der Waals surface area contributed by atoms with Gasteiger partial charge in [-0.3, -0.25) is 9.89 Å². The van der Waals surface area contributed by atoms with E-state index in [4.69, 9.17) is 5.84 Å². The van der Waals surface area contributed by atoms with Crippen LogP contribution in [0.15, 0.2) is 16.9 Å². The first-order chi connectivity index (χ1) is 5.74. The Kier molecular flexibility index (Phi) is 1.66. The molecule has 0 aromatic carbocycles. The number of likely N-dealkylation sites (N-methyl/N-ethyl adjacent to an activating group) is 1. The smallest absolute Gasteiger partial charge is 0.0621 e. The number of rotatable bonds is 1. The molecule has 0 amide bonds. The Bertz CT molecular complexity index is 235. The summed E-state index contributed by atoms with van der Waals surface area (Å²) in [6.07, 6.45) is 2.92. The molecule has 0 radical (unpaired) electrons. The number of nitrogens with zero attached hydrogens (tertiary/aromatic N) is 3. The van der Waals surface area contributed by atoms with E-state index < -0.39 is 0 Å². The van der Waals surface area contributed by atoms with Crippen LogP contribution in [-0.2, 0) is 0 Å². The van der Waals surface area contributed by atoms with Crippen LogP contribution in [0.4, 0.5) is 0 Å². The van der Waals surface area contributed by atoms with Gasteiger partial charge in [0.15, 0.2) is 0 Å². The molecular formula is C8H14N4. The fraction of sp³-hybridized carbons (Fsp3) is 0.625. The molecule has 1 saturated carbocycles. The van der Waals surface area contributed by atoms with E-state index in [-0.39, 0.29) is 0 Å². The third-order valence-electron chi connectivity index (χ3n) is 2.63. The second kappa shape index (κ2) is 2.57. The molecule has 2 fully saturated rings. The third kappa shape index (κ3) is 1.04. The van der Waals surface area contributed by atoms with Gasteiger partial charge in [0.2, 0.25) is 0 Å². The Balaban J connectivity index is 2.15. The number of piperazine rings is 1. The summed E-state index contributed by atoms with van der Waals surface area (Å²) >= 11 is 0. The Morgan fingerprint density at radius 2 is 2.42 bits per heavy atom. The van der Waals surface area contributed by atoms with Crippen molar-refractivity contribution in [3.05, 3.63) is 11.9 Å². The minimum absolute atomic E-state index is 0.511. The molecule has 0 bridgehead atoms. The normalized spacial score (nSPS) is 38.2. The lowest BCUT2D eigenvalue weighted by molar-refractivity contribution is 0.201. The zero-order valence-corrected chi connectivity index (χ0v) is 7.27. The predicted molar refractivity (Wildman–Crippen MR) is 48.5 cm³/mol. The predicted octanol–water partition coefficient (Wildman–Crippen LogP) is -0.210. The lowest BCUT2D eigenvalue weighted by atomic mass is 10.3. The molecular weight excluding hydrogens is 152 g/mol. The van der Waals surface area contributed by atoms with Crippen molar-refractivity contribution in [2.24, 2.45) is 10.8 Å². The Morgan fingerprint density at radius 1 is 1.67 bits per heavy atom. The second-order valence-corrected chi connectivity index (χ2v) is 3.50. The number of hydrogen-bond acceptors (Lipinski definition) is 4. The van der Waals surface area contributed by atoms with E-state index in [0.717, 1.165) is 12.2 Å². The highest BCUT2D eigenvalue weighted by Crippen LogP contribution is 2.37. The van der Waals surface area contributed by atoms with Crippen LogP contribution in [0.1, 0.15) is 6.42 Å².